The Morgan fingerprint density at radius 2 is 2.47 bits per heavy atom. The predicted molar refractivity (Wildman–Crippen MR) is 52.7 cm³/mol. The van der Waals surface area contributed by atoms with Crippen LogP contribution >= 0.6 is 0 Å². The van der Waals surface area contributed by atoms with E-state index in [1.807, 2.05) is 6.07 Å². The van der Waals surface area contributed by atoms with Crippen molar-refractivity contribution in [3.8, 4) is 0 Å². The summed E-state index contributed by atoms with van der Waals surface area (Å²) in [5.74, 6) is -0.0819. The van der Waals surface area contributed by atoms with Crippen molar-refractivity contribution in [2.45, 2.75) is 24.7 Å². The third-order valence-electron chi connectivity index (χ3n) is 2.86. The van der Waals surface area contributed by atoms with Gasteiger partial charge < -0.3 is 14.3 Å². The summed E-state index contributed by atoms with van der Waals surface area (Å²) >= 11 is 0. The van der Waals surface area contributed by atoms with Crippen molar-refractivity contribution in [3.63, 3.8) is 0 Å². The molecule has 1 aliphatic heterocycles. The number of aliphatic carboxylic acids is 1. The van der Waals surface area contributed by atoms with Gasteiger partial charge in [-0.25, -0.2) is 0 Å². The molecule has 0 bridgehead atoms. The van der Waals surface area contributed by atoms with Gasteiger partial charge in [0.2, 0.25) is 0 Å². The monoisotopic (exact) mass is 210 g/mol. The number of ether oxygens (including phenoxy) is 1. The van der Waals surface area contributed by atoms with E-state index in [1.54, 1.807) is 12.3 Å². The summed E-state index contributed by atoms with van der Waals surface area (Å²) in [5, 5.41) is 8.93. The molecule has 0 radical (unpaired) electrons. The summed E-state index contributed by atoms with van der Waals surface area (Å²) in [6.45, 7) is 1.15. The van der Waals surface area contributed by atoms with Crippen molar-refractivity contribution < 1.29 is 19.1 Å². The molecule has 4 heteroatoms. The van der Waals surface area contributed by atoms with Gasteiger partial charge in [-0.05, 0) is 25.0 Å². The van der Waals surface area contributed by atoms with Gasteiger partial charge >= 0.3 is 5.97 Å². The number of furan rings is 1. The first-order chi connectivity index (χ1) is 7.23. The SMILES string of the molecule is O=C(O)CC1(c2ccco2)CCCOC1. The van der Waals surface area contributed by atoms with Gasteiger partial charge in [-0.2, -0.15) is 0 Å². The van der Waals surface area contributed by atoms with Gasteiger partial charge in [0.1, 0.15) is 5.76 Å². The Balaban J connectivity index is 2.25. The molecule has 1 atom stereocenters. The van der Waals surface area contributed by atoms with Crippen LogP contribution in [0, 0.1) is 0 Å². The second kappa shape index (κ2) is 4.06. The second-order valence-corrected chi connectivity index (χ2v) is 3.98. The topological polar surface area (TPSA) is 59.7 Å². The van der Waals surface area contributed by atoms with Crippen LogP contribution in [0.25, 0.3) is 0 Å². The molecule has 15 heavy (non-hydrogen) atoms. The first-order valence-corrected chi connectivity index (χ1v) is 5.06. The fraction of sp³-hybridized carbons (Fsp3) is 0.545. The molecule has 1 N–H and O–H groups in total. The zero-order valence-electron chi connectivity index (χ0n) is 8.44. The highest BCUT2D eigenvalue weighted by Crippen LogP contribution is 2.36. The predicted octanol–water partition coefficient (Wildman–Crippen LogP) is 1.80. The van der Waals surface area contributed by atoms with Gasteiger partial charge in [-0.3, -0.25) is 4.79 Å². The minimum Gasteiger partial charge on any atom is -0.481 e. The van der Waals surface area contributed by atoms with Crippen molar-refractivity contribution in [1.29, 1.82) is 0 Å². The highest BCUT2D eigenvalue weighted by atomic mass is 16.5. The van der Waals surface area contributed by atoms with E-state index < -0.39 is 11.4 Å². The molecule has 1 aliphatic rings. The molecule has 0 saturated carbocycles. The second-order valence-electron chi connectivity index (χ2n) is 3.98. The minimum atomic E-state index is -0.808. The average molecular weight is 210 g/mol. The molecule has 82 valence electrons. The number of rotatable bonds is 3. The zero-order valence-corrected chi connectivity index (χ0v) is 8.44. The van der Waals surface area contributed by atoms with E-state index in [0.29, 0.717) is 13.2 Å². The van der Waals surface area contributed by atoms with Crippen molar-refractivity contribution in [2.24, 2.45) is 0 Å². The van der Waals surface area contributed by atoms with Crippen LogP contribution < -0.4 is 0 Å². The van der Waals surface area contributed by atoms with E-state index in [2.05, 4.69) is 0 Å². The number of hydrogen-bond acceptors (Lipinski definition) is 3. The largest absolute Gasteiger partial charge is 0.481 e. The average Bonchev–Trinajstić information content (AvgIpc) is 2.71. The number of carboxylic acids is 1. The Bertz CT molecular complexity index is 322. The fourth-order valence-electron chi connectivity index (χ4n) is 2.14. The van der Waals surface area contributed by atoms with Gasteiger partial charge in [0.15, 0.2) is 0 Å². The molecule has 0 amide bonds. The van der Waals surface area contributed by atoms with E-state index in [1.165, 1.54) is 0 Å². The Labute approximate surface area is 87.8 Å². The molecular weight excluding hydrogens is 196 g/mol. The normalized spacial score (nSPS) is 26.4. The first kappa shape index (κ1) is 10.2. The summed E-state index contributed by atoms with van der Waals surface area (Å²) in [5.41, 5.74) is -0.465. The van der Waals surface area contributed by atoms with E-state index in [0.717, 1.165) is 18.6 Å². The van der Waals surface area contributed by atoms with Crippen LogP contribution in [0.2, 0.25) is 0 Å². The fourth-order valence-corrected chi connectivity index (χ4v) is 2.14. The Morgan fingerprint density at radius 3 is 3.00 bits per heavy atom. The van der Waals surface area contributed by atoms with Gasteiger partial charge in [-0.1, -0.05) is 0 Å². The molecule has 2 heterocycles. The van der Waals surface area contributed by atoms with E-state index in [9.17, 15) is 4.79 Å². The van der Waals surface area contributed by atoms with Crippen LogP contribution in [0.5, 0.6) is 0 Å². The quantitative estimate of drug-likeness (QED) is 0.826. The maximum Gasteiger partial charge on any atom is 0.304 e. The van der Waals surface area contributed by atoms with E-state index >= 15 is 0 Å². The summed E-state index contributed by atoms with van der Waals surface area (Å²) in [4.78, 5) is 10.9. The van der Waals surface area contributed by atoms with Crippen molar-refractivity contribution in [1.82, 2.24) is 0 Å². The highest BCUT2D eigenvalue weighted by Gasteiger charge is 2.39. The lowest BCUT2D eigenvalue weighted by Gasteiger charge is -2.33. The van der Waals surface area contributed by atoms with Crippen LogP contribution in [0.4, 0.5) is 0 Å². The Morgan fingerprint density at radius 1 is 1.60 bits per heavy atom. The van der Waals surface area contributed by atoms with Crippen LogP contribution in [-0.4, -0.2) is 24.3 Å². The van der Waals surface area contributed by atoms with Crippen LogP contribution in [0.3, 0.4) is 0 Å². The third kappa shape index (κ3) is 2.04. The Kier molecular flexibility index (Phi) is 2.77. The maximum atomic E-state index is 10.9. The lowest BCUT2D eigenvalue weighted by molar-refractivity contribution is -0.140. The van der Waals surface area contributed by atoms with Gasteiger partial charge in [0.05, 0.1) is 24.7 Å². The molecule has 1 saturated heterocycles. The smallest absolute Gasteiger partial charge is 0.304 e. The van der Waals surface area contributed by atoms with Gasteiger partial charge in [0, 0.05) is 6.61 Å². The molecule has 1 unspecified atom stereocenters. The van der Waals surface area contributed by atoms with Crippen LogP contribution in [0.1, 0.15) is 25.0 Å². The summed E-state index contributed by atoms with van der Waals surface area (Å²) in [6.07, 6.45) is 3.34. The molecular formula is C11H14O4. The number of carbonyl (C=O) groups is 1. The lowest BCUT2D eigenvalue weighted by atomic mass is 9.77. The molecule has 4 nitrogen and oxygen atoms in total. The van der Waals surface area contributed by atoms with Gasteiger partial charge in [0.25, 0.3) is 0 Å². The highest BCUT2D eigenvalue weighted by molar-refractivity contribution is 5.69. The lowest BCUT2D eigenvalue weighted by Crippen LogP contribution is -2.37. The third-order valence-corrected chi connectivity index (χ3v) is 2.86. The molecule has 0 aliphatic carbocycles. The minimum absolute atomic E-state index is 0.0700. The summed E-state index contributed by atoms with van der Waals surface area (Å²) in [6, 6.07) is 3.62. The van der Waals surface area contributed by atoms with Crippen molar-refractivity contribution in [2.75, 3.05) is 13.2 Å². The summed E-state index contributed by atoms with van der Waals surface area (Å²) in [7, 11) is 0. The molecule has 1 fully saturated rings. The number of carboxylic acid groups (broad SMARTS) is 1. The molecule has 1 aromatic heterocycles. The van der Waals surface area contributed by atoms with Crippen molar-refractivity contribution >= 4 is 5.97 Å². The van der Waals surface area contributed by atoms with Gasteiger partial charge in [-0.15, -0.1) is 0 Å². The first-order valence-electron chi connectivity index (χ1n) is 5.06. The standard InChI is InChI=1S/C11H14O4/c12-10(13)7-11(4-2-5-14-8-11)9-3-1-6-15-9/h1,3,6H,2,4-5,7-8H2,(H,12,13). The summed E-state index contributed by atoms with van der Waals surface area (Å²) < 4.78 is 10.7. The van der Waals surface area contributed by atoms with E-state index in [-0.39, 0.29) is 6.42 Å². The maximum absolute atomic E-state index is 10.9. The Hall–Kier alpha value is -1.29. The van der Waals surface area contributed by atoms with Crippen LogP contribution in [0.15, 0.2) is 22.8 Å². The zero-order chi connectivity index (χ0) is 10.7. The number of hydrogen-bond donors (Lipinski definition) is 1. The van der Waals surface area contributed by atoms with Crippen molar-refractivity contribution in [3.05, 3.63) is 24.2 Å². The van der Waals surface area contributed by atoms with E-state index in [4.69, 9.17) is 14.3 Å². The molecule has 0 spiro atoms. The van der Waals surface area contributed by atoms with Crippen LogP contribution in [-0.2, 0) is 14.9 Å². The molecule has 0 aromatic carbocycles. The molecule has 1 aromatic rings. The molecule has 2 rings (SSSR count).